The van der Waals surface area contributed by atoms with Gasteiger partial charge in [0.1, 0.15) is 0 Å². The molecule has 21 heavy (non-hydrogen) atoms. The van der Waals surface area contributed by atoms with E-state index >= 15 is 0 Å². The standard InChI is InChI=1S/C17H24N2O2/c1-21-10-9-19-13-15-7-8-18(16(11-15)17(19)20)12-14-5-3-2-4-6-14/h2-6,15-16H,7-13H2,1H3/t15-,16+/m0/s1. The van der Waals surface area contributed by atoms with Gasteiger partial charge in [-0.3, -0.25) is 9.69 Å². The number of methoxy groups -OCH3 is 1. The van der Waals surface area contributed by atoms with Crippen molar-refractivity contribution < 1.29 is 9.53 Å². The Hall–Kier alpha value is -1.39. The highest BCUT2D eigenvalue weighted by atomic mass is 16.5. The highest BCUT2D eigenvalue weighted by molar-refractivity contribution is 5.83. The average molecular weight is 288 g/mol. The van der Waals surface area contributed by atoms with Crippen LogP contribution in [0.4, 0.5) is 0 Å². The fraction of sp³-hybridized carbons (Fsp3) is 0.588. The van der Waals surface area contributed by atoms with E-state index in [0.717, 1.165) is 32.6 Å². The van der Waals surface area contributed by atoms with Crippen molar-refractivity contribution in [3.05, 3.63) is 35.9 Å². The molecule has 2 heterocycles. The lowest BCUT2D eigenvalue weighted by Gasteiger charge is -2.46. The summed E-state index contributed by atoms with van der Waals surface area (Å²) in [5.74, 6) is 0.954. The lowest BCUT2D eigenvalue weighted by atomic mass is 9.85. The largest absolute Gasteiger partial charge is 0.383 e. The molecule has 1 aromatic rings. The quantitative estimate of drug-likeness (QED) is 0.827. The third-order valence-electron chi connectivity index (χ3n) is 4.69. The summed E-state index contributed by atoms with van der Waals surface area (Å²) in [6, 6.07) is 10.5. The van der Waals surface area contributed by atoms with Crippen LogP contribution in [0.2, 0.25) is 0 Å². The molecule has 0 N–H and O–H groups in total. The number of likely N-dealkylation sites (tertiary alicyclic amines) is 2. The van der Waals surface area contributed by atoms with Crippen molar-refractivity contribution in [1.82, 2.24) is 9.80 Å². The predicted molar refractivity (Wildman–Crippen MR) is 81.8 cm³/mol. The Morgan fingerprint density at radius 3 is 2.86 bits per heavy atom. The summed E-state index contributed by atoms with van der Waals surface area (Å²) in [6.07, 6.45) is 2.22. The molecule has 0 aromatic heterocycles. The number of rotatable bonds is 5. The van der Waals surface area contributed by atoms with Gasteiger partial charge in [0.25, 0.3) is 0 Å². The van der Waals surface area contributed by atoms with E-state index in [-0.39, 0.29) is 6.04 Å². The van der Waals surface area contributed by atoms with E-state index in [1.165, 1.54) is 12.0 Å². The van der Waals surface area contributed by atoms with Gasteiger partial charge in [0.05, 0.1) is 12.6 Å². The van der Waals surface area contributed by atoms with Crippen molar-refractivity contribution >= 4 is 5.91 Å². The lowest BCUT2D eigenvalue weighted by Crippen LogP contribution is -2.58. The first kappa shape index (κ1) is 14.5. The molecule has 1 aromatic carbocycles. The summed E-state index contributed by atoms with van der Waals surface area (Å²) in [5, 5.41) is 0. The van der Waals surface area contributed by atoms with Crippen LogP contribution in [0.3, 0.4) is 0 Å². The summed E-state index contributed by atoms with van der Waals surface area (Å²) in [7, 11) is 1.69. The van der Waals surface area contributed by atoms with Crippen molar-refractivity contribution in [3.8, 4) is 0 Å². The van der Waals surface area contributed by atoms with Crippen molar-refractivity contribution in [1.29, 1.82) is 0 Å². The number of ether oxygens (including phenoxy) is 1. The monoisotopic (exact) mass is 288 g/mol. The van der Waals surface area contributed by atoms with Crippen LogP contribution < -0.4 is 0 Å². The average Bonchev–Trinajstić information content (AvgIpc) is 2.52. The molecule has 3 rings (SSSR count). The minimum Gasteiger partial charge on any atom is -0.383 e. The van der Waals surface area contributed by atoms with Crippen LogP contribution in [0.25, 0.3) is 0 Å². The zero-order valence-corrected chi connectivity index (χ0v) is 12.7. The van der Waals surface area contributed by atoms with Gasteiger partial charge in [0.15, 0.2) is 0 Å². The Kier molecular flexibility index (Phi) is 4.56. The van der Waals surface area contributed by atoms with Crippen LogP contribution in [0.15, 0.2) is 30.3 Å². The van der Waals surface area contributed by atoms with Crippen molar-refractivity contribution in [2.45, 2.75) is 25.4 Å². The molecule has 2 bridgehead atoms. The number of benzene rings is 1. The Morgan fingerprint density at radius 1 is 1.29 bits per heavy atom. The van der Waals surface area contributed by atoms with E-state index in [0.29, 0.717) is 18.4 Å². The summed E-state index contributed by atoms with van der Waals surface area (Å²) in [4.78, 5) is 17.0. The highest BCUT2D eigenvalue weighted by Gasteiger charge is 2.40. The second kappa shape index (κ2) is 6.58. The number of nitrogens with zero attached hydrogens (tertiary/aromatic N) is 2. The fourth-order valence-corrected chi connectivity index (χ4v) is 3.53. The molecule has 2 saturated heterocycles. The molecule has 2 aliphatic heterocycles. The maximum absolute atomic E-state index is 12.7. The number of hydrogen-bond acceptors (Lipinski definition) is 3. The highest BCUT2D eigenvalue weighted by Crippen LogP contribution is 2.30. The molecule has 4 heteroatoms. The van der Waals surface area contributed by atoms with E-state index in [4.69, 9.17) is 4.74 Å². The third kappa shape index (κ3) is 3.27. The molecule has 0 saturated carbocycles. The van der Waals surface area contributed by atoms with Gasteiger partial charge in [0, 0.05) is 26.7 Å². The van der Waals surface area contributed by atoms with Crippen molar-refractivity contribution in [2.24, 2.45) is 5.92 Å². The fourth-order valence-electron chi connectivity index (χ4n) is 3.53. The molecule has 2 atom stereocenters. The zero-order valence-electron chi connectivity index (χ0n) is 12.7. The van der Waals surface area contributed by atoms with Crippen LogP contribution in [0, 0.1) is 5.92 Å². The summed E-state index contributed by atoms with van der Waals surface area (Å²) >= 11 is 0. The van der Waals surface area contributed by atoms with Gasteiger partial charge in [-0.1, -0.05) is 30.3 Å². The van der Waals surface area contributed by atoms with E-state index in [1.807, 2.05) is 11.0 Å². The molecular formula is C17H24N2O2. The Bertz CT molecular complexity index is 477. The second-order valence-electron chi connectivity index (χ2n) is 6.14. The van der Waals surface area contributed by atoms with E-state index in [2.05, 4.69) is 29.2 Å². The van der Waals surface area contributed by atoms with Gasteiger partial charge in [0.2, 0.25) is 5.91 Å². The molecule has 0 unspecified atom stereocenters. The zero-order chi connectivity index (χ0) is 14.7. The molecule has 1 amide bonds. The minimum absolute atomic E-state index is 0.0644. The summed E-state index contributed by atoms with van der Waals surface area (Å²) in [6.45, 7) is 4.18. The first-order valence-electron chi connectivity index (χ1n) is 7.83. The number of amides is 1. The van der Waals surface area contributed by atoms with Gasteiger partial charge in [-0.05, 0) is 30.9 Å². The number of hydrogen-bond donors (Lipinski definition) is 0. The molecule has 114 valence electrons. The number of piperidine rings is 2. The molecule has 2 aliphatic rings. The van der Waals surface area contributed by atoms with Crippen LogP contribution in [0.1, 0.15) is 18.4 Å². The number of carbonyl (C=O) groups excluding carboxylic acids is 1. The Morgan fingerprint density at radius 2 is 2.10 bits per heavy atom. The SMILES string of the molecule is COCCN1C[C@H]2CCN(Cc3ccccc3)[C@H](C2)C1=O. The molecule has 0 spiro atoms. The van der Waals surface area contributed by atoms with E-state index in [1.54, 1.807) is 7.11 Å². The van der Waals surface area contributed by atoms with Gasteiger partial charge in [-0.15, -0.1) is 0 Å². The maximum atomic E-state index is 12.7. The topological polar surface area (TPSA) is 32.8 Å². The lowest BCUT2D eigenvalue weighted by molar-refractivity contribution is -0.146. The van der Waals surface area contributed by atoms with Crippen LogP contribution in [-0.2, 0) is 16.1 Å². The smallest absolute Gasteiger partial charge is 0.240 e. The van der Waals surface area contributed by atoms with E-state index in [9.17, 15) is 4.79 Å². The third-order valence-corrected chi connectivity index (χ3v) is 4.69. The van der Waals surface area contributed by atoms with E-state index < -0.39 is 0 Å². The normalized spacial score (nSPS) is 26.1. The van der Waals surface area contributed by atoms with Crippen molar-refractivity contribution in [3.63, 3.8) is 0 Å². The van der Waals surface area contributed by atoms with Gasteiger partial charge >= 0.3 is 0 Å². The Balaban J connectivity index is 1.68. The van der Waals surface area contributed by atoms with Crippen LogP contribution >= 0.6 is 0 Å². The predicted octanol–water partition coefficient (Wildman–Crippen LogP) is 1.76. The summed E-state index contributed by atoms with van der Waals surface area (Å²) < 4.78 is 5.13. The molecular weight excluding hydrogens is 264 g/mol. The van der Waals surface area contributed by atoms with Gasteiger partial charge in [-0.2, -0.15) is 0 Å². The first-order valence-corrected chi connectivity index (χ1v) is 7.83. The van der Waals surface area contributed by atoms with Crippen LogP contribution in [0.5, 0.6) is 0 Å². The minimum atomic E-state index is 0.0644. The maximum Gasteiger partial charge on any atom is 0.240 e. The number of fused-ring (bicyclic) bond motifs is 2. The molecule has 2 fully saturated rings. The van der Waals surface area contributed by atoms with Crippen molar-refractivity contribution in [2.75, 3.05) is 33.4 Å². The van der Waals surface area contributed by atoms with Gasteiger partial charge < -0.3 is 9.64 Å². The summed E-state index contributed by atoms with van der Waals surface area (Å²) in [5.41, 5.74) is 1.29. The first-order chi connectivity index (χ1) is 10.3. The molecule has 0 aliphatic carbocycles. The number of carbonyl (C=O) groups is 1. The second-order valence-corrected chi connectivity index (χ2v) is 6.14. The Labute approximate surface area is 126 Å². The molecule has 4 nitrogen and oxygen atoms in total. The van der Waals surface area contributed by atoms with Gasteiger partial charge in [-0.25, -0.2) is 0 Å². The van der Waals surface area contributed by atoms with Crippen LogP contribution in [-0.4, -0.2) is 55.1 Å². The molecule has 0 radical (unpaired) electrons.